The fourth-order valence-corrected chi connectivity index (χ4v) is 1.41. The highest BCUT2D eigenvalue weighted by Crippen LogP contribution is 2.29. The predicted octanol–water partition coefficient (Wildman–Crippen LogP) is 1.60. The minimum atomic E-state index is -0.968. The highest BCUT2D eigenvalue weighted by Gasteiger charge is 2.16. The van der Waals surface area contributed by atoms with Crippen LogP contribution in [0.4, 0.5) is 5.69 Å². The molecule has 0 fully saturated rings. The molecule has 19 heavy (non-hydrogen) atoms. The molecule has 1 N–H and O–H groups in total. The van der Waals surface area contributed by atoms with Crippen molar-refractivity contribution in [2.75, 3.05) is 25.6 Å². The van der Waals surface area contributed by atoms with Gasteiger partial charge in [0.05, 0.1) is 26.0 Å². The number of hydrogen-bond donors (Lipinski definition) is 1. The Kier molecular flexibility index (Phi) is 5.66. The average Bonchev–Trinajstić information content (AvgIpc) is 2.41. The molecular formula is C13H17NO5. The Morgan fingerprint density at radius 3 is 2.42 bits per heavy atom. The normalized spacial score (nSPS) is 9.63. The van der Waals surface area contributed by atoms with Gasteiger partial charge in [-0.2, -0.15) is 0 Å². The number of benzene rings is 1. The quantitative estimate of drug-likeness (QED) is 0.648. The van der Waals surface area contributed by atoms with Gasteiger partial charge in [-0.05, 0) is 26.0 Å². The monoisotopic (exact) mass is 267 g/mol. The van der Waals surface area contributed by atoms with Crippen LogP contribution in [0.15, 0.2) is 18.2 Å². The molecule has 0 heterocycles. The Morgan fingerprint density at radius 1 is 1.16 bits per heavy atom. The summed E-state index contributed by atoms with van der Waals surface area (Å²) in [6.07, 6.45) is 0. The standard InChI is InChI=1S/C13H17NO5/c1-4-18-9-6-7-11(19-5-2)10(8-9)14-12(15)13(16)17-3/h6-8H,4-5H2,1-3H3,(H,14,15). The molecule has 0 saturated heterocycles. The summed E-state index contributed by atoms with van der Waals surface area (Å²) in [5, 5.41) is 2.43. The zero-order chi connectivity index (χ0) is 14.3. The van der Waals surface area contributed by atoms with E-state index >= 15 is 0 Å². The Bertz CT molecular complexity index is 458. The van der Waals surface area contributed by atoms with Crippen molar-refractivity contribution < 1.29 is 23.8 Å². The van der Waals surface area contributed by atoms with Crippen molar-refractivity contribution in [1.29, 1.82) is 0 Å². The number of esters is 1. The fraction of sp³-hybridized carbons (Fsp3) is 0.385. The topological polar surface area (TPSA) is 73.9 Å². The summed E-state index contributed by atoms with van der Waals surface area (Å²) < 4.78 is 15.0. The van der Waals surface area contributed by atoms with E-state index in [9.17, 15) is 9.59 Å². The first-order valence-corrected chi connectivity index (χ1v) is 5.91. The molecule has 0 aliphatic rings. The number of ether oxygens (including phenoxy) is 3. The SMILES string of the molecule is CCOc1ccc(OCC)c(NC(=O)C(=O)OC)c1. The van der Waals surface area contributed by atoms with E-state index in [0.717, 1.165) is 7.11 Å². The lowest BCUT2D eigenvalue weighted by molar-refractivity contribution is -0.150. The summed E-state index contributed by atoms with van der Waals surface area (Å²) in [5.74, 6) is -0.796. The van der Waals surface area contributed by atoms with Crippen molar-refractivity contribution in [1.82, 2.24) is 0 Å². The van der Waals surface area contributed by atoms with Crippen LogP contribution in [0.2, 0.25) is 0 Å². The lowest BCUT2D eigenvalue weighted by atomic mass is 10.2. The van der Waals surface area contributed by atoms with Crippen molar-refractivity contribution in [3.63, 3.8) is 0 Å². The first-order chi connectivity index (χ1) is 9.12. The Hall–Kier alpha value is -2.24. The van der Waals surface area contributed by atoms with Crippen molar-refractivity contribution in [2.45, 2.75) is 13.8 Å². The number of amides is 1. The highest BCUT2D eigenvalue weighted by molar-refractivity contribution is 6.37. The summed E-state index contributed by atoms with van der Waals surface area (Å²) in [5.41, 5.74) is 0.364. The van der Waals surface area contributed by atoms with E-state index in [2.05, 4.69) is 10.1 Å². The first-order valence-electron chi connectivity index (χ1n) is 5.91. The summed E-state index contributed by atoms with van der Waals surface area (Å²) >= 11 is 0. The van der Waals surface area contributed by atoms with Crippen molar-refractivity contribution >= 4 is 17.6 Å². The number of hydrogen-bond acceptors (Lipinski definition) is 5. The molecule has 6 heteroatoms. The summed E-state index contributed by atoms with van der Waals surface area (Å²) in [6.45, 7) is 4.61. The van der Waals surface area contributed by atoms with Crippen LogP contribution in [0.1, 0.15) is 13.8 Å². The maximum Gasteiger partial charge on any atom is 0.396 e. The third-order valence-electron chi connectivity index (χ3n) is 2.18. The Labute approximate surface area is 111 Å². The van der Waals surface area contributed by atoms with Gasteiger partial charge in [0.1, 0.15) is 11.5 Å². The minimum absolute atomic E-state index is 0.364. The molecule has 104 valence electrons. The molecule has 0 unspecified atom stereocenters. The van der Waals surface area contributed by atoms with Crippen molar-refractivity contribution in [3.8, 4) is 11.5 Å². The van der Waals surface area contributed by atoms with E-state index in [1.54, 1.807) is 18.2 Å². The number of rotatable bonds is 5. The predicted molar refractivity (Wildman–Crippen MR) is 69.4 cm³/mol. The third kappa shape index (κ3) is 4.17. The van der Waals surface area contributed by atoms with Crippen LogP contribution in [0.3, 0.4) is 0 Å². The molecule has 0 radical (unpaired) electrons. The van der Waals surface area contributed by atoms with Crippen LogP contribution in [0, 0.1) is 0 Å². The number of anilines is 1. The molecule has 1 aromatic carbocycles. The van der Waals surface area contributed by atoms with Crippen LogP contribution in [-0.4, -0.2) is 32.2 Å². The molecule has 0 aliphatic heterocycles. The van der Waals surface area contributed by atoms with Crippen molar-refractivity contribution in [3.05, 3.63) is 18.2 Å². The summed E-state index contributed by atoms with van der Waals surface area (Å²) in [4.78, 5) is 22.6. The van der Waals surface area contributed by atoms with Crippen LogP contribution in [0.25, 0.3) is 0 Å². The zero-order valence-corrected chi connectivity index (χ0v) is 11.2. The molecule has 0 bridgehead atoms. The van der Waals surface area contributed by atoms with E-state index in [1.807, 2.05) is 13.8 Å². The maximum atomic E-state index is 11.5. The smallest absolute Gasteiger partial charge is 0.396 e. The molecule has 1 amide bonds. The molecule has 6 nitrogen and oxygen atoms in total. The van der Waals surface area contributed by atoms with E-state index in [4.69, 9.17) is 9.47 Å². The van der Waals surface area contributed by atoms with Gasteiger partial charge in [0, 0.05) is 6.07 Å². The second-order valence-corrected chi connectivity index (χ2v) is 3.47. The van der Waals surface area contributed by atoms with E-state index in [0.29, 0.717) is 30.4 Å². The molecule has 0 saturated carbocycles. The zero-order valence-electron chi connectivity index (χ0n) is 11.2. The van der Waals surface area contributed by atoms with Gasteiger partial charge in [0.25, 0.3) is 0 Å². The van der Waals surface area contributed by atoms with Gasteiger partial charge in [-0.15, -0.1) is 0 Å². The van der Waals surface area contributed by atoms with Gasteiger partial charge < -0.3 is 19.5 Å². The second-order valence-electron chi connectivity index (χ2n) is 3.47. The van der Waals surface area contributed by atoms with Crippen LogP contribution >= 0.6 is 0 Å². The van der Waals surface area contributed by atoms with Gasteiger partial charge in [-0.3, -0.25) is 4.79 Å². The molecule has 0 aliphatic carbocycles. The van der Waals surface area contributed by atoms with Gasteiger partial charge in [-0.25, -0.2) is 4.79 Å². The largest absolute Gasteiger partial charge is 0.494 e. The average molecular weight is 267 g/mol. The third-order valence-corrected chi connectivity index (χ3v) is 2.18. The molecular weight excluding hydrogens is 250 g/mol. The van der Waals surface area contributed by atoms with E-state index in [-0.39, 0.29) is 0 Å². The number of carbonyl (C=O) groups excluding carboxylic acids is 2. The number of methoxy groups -OCH3 is 1. The van der Waals surface area contributed by atoms with Crippen LogP contribution in [0.5, 0.6) is 11.5 Å². The van der Waals surface area contributed by atoms with Gasteiger partial charge in [-0.1, -0.05) is 0 Å². The second kappa shape index (κ2) is 7.25. The Morgan fingerprint density at radius 2 is 1.84 bits per heavy atom. The first kappa shape index (κ1) is 14.8. The molecule has 0 aromatic heterocycles. The highest BCUT2D eigenvalue weighted by atomic mass is 16.5. The number of nitrogens with one attached hydrogen (secondary N) is 1. The van der Waals surface area contributed by atoms with Crippen LogP contribution in [-0.2, 0) is 14.3 Å². The van der Waals surface area contributed by atoms with E-state index in [1.165, 1.54) is 0 Å². The van der Waals surface area contributed by atoms with Gasteiger partial charge in [0.2, 0.25) is 0 Å². The number of carbonyl (C=O) groups is 2. The summed E-state index contributed by atoms with van der Waals surface area (Å²) in [7, 11) is 1.14. The molecule has 0 atom stereocenters. The lowest BCUT2D eigenvalue weighted by Crippen LogP contribution is -2.24. The van der Waals surface area contributed by atoms with Crippen molar-refractivity contribution in [2.24, 2.45) is 0 Å². The minimum Gasteiger partial charge on any atom is -0.494 e. The van der Waals surface area contributed by atoms with Gasteiger partial charge >= 0.3 is 11.9 Å². The molecule has 1 rings (SSSR count). The maximum absolute atomic E-state index is 11.5. The molecule has 0 spiro atoms. The molecule has 1 aromatic rings. The van der Waals surface area contributed by atoms with Crippen LogP contribution < -0.4 is 14.8 Å². The fourth-order valence-electron chi connectivity index (χ4n) is 1.41. The van der Waals surface area contributed by atoms with Gasteiger partial charge in [0.15, 0.2) is 0 Å². The summed E-state index contributed by atoms with van der Waals surface area (Å²) in [6, 6.07) is 4.99. The lowest BCUT2D eigenvalue weighted by Gasteiger charge is -2.12. The van der Waals surface area contributed by atoms with E-state index < -0.39 is 11.9 Å². The Balaban J connectivity index is 2.96.